The number of aromatic nitrogens is 2. The highest BCUT2D eigenvalue weighted by molar-refractivity contribution is 6.07. The van der Waals surface area contributed by atoms with E-state index in [1.807, 2.05) is 6.92 Å². The molecular weight excluding hydrogens is 202 g/mol. The Kier molecular flexibility index (Phi) is 2.64. The van der Waals surface area contributed by atoms with Crippen LogP contribution < -0.4 is 5.73 Å². The van der Waals surface area contributed by atoms with Gasteiger partial charge in [-0.3, -0.25) is 9.78 Å². The van der Waals surface area contributed by atoms with E-state index in [0.29, 0.717) is 16.9 Å². The molecule has 2 rings (SSSR count). The summed E-state index contributed by atoms with van der Waals surface area (Å²) in [5.74, 6) is -0.142. The van der Waals surface area contributed by atoms with E-state index < -0.39 is 0 Å². The lowest BCUT2D eigenvalue weighted by Gasteiger charge is -2.03. The van der Waals surface area contributed by atoms with Crippen LogP contribution in [-0.4, -0.2) is 15.8 Å². The predicted molar refractivity (Wildman–Crippen MR) is 61.1 cm³/mol. The van der Waals surface area contributed by atoms with E-state index in [-0.39, 0.29) is 5.78 Å². The van der Waals surface area contributed by atoms with Crippen molar-refractivity contribution in [2.45, 2.75) is 6.92 Å². The number of nitrogens with zero attached hydrogens (tertiary/aromatic N) is 2. The summed E-state index contributed by atoms with van der Waals surface area (Å²) in [5.41, 5.74) is 8.16. The molecule has 4 heteroatoms. The maximum absolute atomic E-state index is 12.0. The molecule has 0 bridgehead atoms. The number of anilines is 1. The van der Waals surface area contributed by atoms with Crippen molar-refractivity contribution in [2.75, 3.05) is 5.73 Å². The zero-order valence-electron chi connectivity index (χ0n) is 8.84. The fourth-order valence-corrected chi connectivity index (χ4v) is 1.38. The monoisotopic (exact) mass is 213 g/mol. The molecule has 0 saturated carbocycles. The Morgan fingerprint density at radius 1 is 1.31 bits per heavy atom. The van der Waals surface area contributed by atoms with Crippen LogP contribution in [0.15, 0.2) is 36.8 Å². The summed E-state index contributed by atoms with van der Waals surface area (Å²) >= 11 is 0. The van der Waals surface area contributed by atoms with Gasteiger partial charge >= 0.3 is 0 Å². The first-order chi connectivity index (χ1) is 7.68. The molecule has 0 aliphatic rings. The average Bonchev–Trinajstić information content (AvgIpc) is 2.33. The molecule has 0 spiro atoms. The first-order valence-electron chi connectivity index (χ1n) is 4.85. The number of nitrogens with two attached hydrogens (primary N) is 1. The van der Waals surface area contributed by atoms with Gasteiger partial charge in [-0.1, -0.05) is 0 Å². The van der Waals surface area contributed by atoms with Gasteiger partial charge in [0.25, 0.3) is 0 Å². The molecule has 0 aliphatic heterocycles. The molecule has 0 atom stereocenters. The number of carbonyl (C=O) groups is 1. The van der Waals surface area contributed by atoms with Gasteiger partial charge in [0, 0.05) is 23.6 Å². The van der Waals surface area contributed by atoms with Gasteiger partial charge in [0.2, 0.25) is 5.78 Å². The SMILES string of the molecule is Cc1cc(C(=O)c2cnccn2)ccc1N. The molecule has 0 unspecified atom stereocenters. The first kappa shape index (κ1) is 10.3. The second kappa shape index (κ2) is 4.10. The molecule has 1 aromatic carbocycles. The molecular formula is C12H11N3O. The molecule has 4 nitrogen and oxygen atoms in total. The van der Waals surface area contributed by atoms with Crippen LogP contribution in [0.2, 0.25) is 0 Å². The van der Waals surface area contributed by atoms with Crippen LogP contribution in [-0.2, 0) is 0 Å². The van der Waals surface area contributed by atoms with Gasteiger partial charge < -0.3 is 5.73 Å². The number of aryl methyl sites for hydroxylation is 1. The van der Waals surface area contributed by atoms with Crippen molar-refractivity contribution in [1.29, 1.82) is 0 Å². The number of carbonyl (C=O) groups excluding carboxylic acids is 1. The second-order valence-corrected chi connectivity index (χ2v) is 3.49. The Balaban J connectivity index is 2.39. The van der Waals surface area contributed by atoms with E-state index in [1.54, 1.807) is 18.2 Å². The predicted octanol–water partition coefficient (Wildman–Crippen LogP) is 1.60. The third kappa shape index (κ3) is 1.91. The van der Waals surface area contributed by atoms with Crippen molar-refractivity contribution >= 4 is 11.5 Å². The van der Waals surface area contributed by atoms with Gasteiger partial charge in [-0.2, -0.15) is 0 Å². The summed E-state index contributed by atoms with van der Waals surface area (Å²) in [4.78, 5) is 19.8. The molecule has 0 fully saturated rings. The molecule has 0 aliphatic carbocycles. The number of benzene rings is 1. The molecule has 2 N–H and O–H groups in total. The molecule has 0 radical (unpaired) electrons. The smallest absolute Gasteiger partial charge is 0.212 e. The van der Waals surface area contributed by atoms with Crippen molar-refractivity contribution < 1.29 is 4.79 Å². The third-order valence-electron chi connectivity index (χ3n) is 2.33. The highest BCUT2D eigenvalue weighted by atomic mass is 16.1. The van der Waals surface area contributed by atoms with E-state index in [1.165, 1.54) is 18.6 Å². The Bertz CT molecular complexity index is 523. The Hall–Kier alpha value is -2.23. The Morgan fingerprint density at radius 3 is 2.75 bits per heavy atom. The molecule has 0 saturated heterocycles. The number of ketones is 1. The van der Waals surface area contributed by atoms with Gasteiger partial charge in [0.1, 0.15) is 5.69 Å². The van der Waals surface area contributed by atoms with Crippen LogP contribution in [0.3, 0.4) is 0 Å². The van der Waals surface area contributed by atoms with Crippen LogP contribution in [0.1, 0.15) is 21.6 Å². The molecule has 1 aromatic heterocycles. The minimum absolute atomic E-state index is 0.142. The Labute approximate surface area is 93.2 Å². The topological polar surface area (TPSA) is 68.9 Å². The number of rotatable bonds is 2. The number of hydrogen-bond acceptors (Lipinski definition) is 4. The van der Waals surface area contributed by atoms with E-state index in [4.69, 9.17) is 5.73 Å². The first-order valence-corrected chi connectivity index (χ1v) is 4.85. The highest BCUT2D eigenvalue weighted by Crippen LogP contribution is 2.14. The van der Waals surface area contributed by atoms with Crippen molar-refractivity contribution in [3.63, 3.8) is 0 Å². The van der Waals surface area contributed by atoms with Crippen molar-refractivity contribution in [2.24, 2.45) is 0 Å². The second-order valence-electron chi connectivity index (χ2n) is 3.49. The minimum atomic E-state index is -0.142. The van der Waals surface area contributed by atoms with Gasteiger partial charge in [0.05, 0.1) is 6.20 Å². The molecule has 1 heterocycles. The van der Waals surface area contributed by atoms with Crippen molar-refractivity contribution in [1.82, 2.24) is 9.97 Å². The summed E-state index contributed by atoms with van der Waals surface area (Å²) in [5, 5.41) is 0. The summed E-state index contributed by atoms with van der Waals surface area (Å²) in [6, 6.07) is 5.17. The molecule has 80 valence electrons. The van der Waals surface area contributed by atoms with Gasteiger partial charge in [0.15, 0.2) is 0 Å². The van der Waals surface area contributed by atoms with E-state index in [9.17, 15) is 4.79 Å². The summed E-state index contributed by atoms with van der Waals surface area (Å²) in [7, 11) is 0. The lowest BCUT2D eigenvalue weighted by atomic mass is 10.0. The quantitative estimate of drug-likeness (QED) is 0.607. The minimum Gasteiger partial charge on any atom is -0.399 e. The van der Waals surface area contributed by atoms with Crippen LogP contribution in [0.4, 0.5) is 5.69 Å². The zero-order valence-corrected chi connectivity index (χ0v) is 8.84. The fraction of sp³-hybridized carbons (Fsp3) is 0.0833. The van der Waals surface area contributed by atoms with Crippen LogP contribution in [0.25, 0.3) is 0 Å². The van der Waals surface area contributed by atoms with Gasteiger partial charge in [-0.15, -0.1) is 0 Å². The number of nitrogen functional groups attached to an aromatic ring is 1. The van der Waals surface area contributed by atoms with E-state index >= 15 is 0 Å². The third-order valence-corrected chi connectivity index (χ3v) is 2.33. The van der Waals surface area contributed by atoms with Crippen LogP contribution in [0.5, 0.6) is 0 Å². The number of hydrogen-bond donors (Lipinski definition) is 1. The van der Waals surface area contributed by atoms with Crippen molar-refractivity contribution in [3.05, 3.63) is 53.6 Å². The maximum Gasteiger partial charge on any atom is 0.212 e. The average molecular weight is 213 g/mol. The zero-order chi connectivity index (χ0) is 11.5. The lowest BCUT2D eigenvalue weighted by molar-refractivity contribution is 0.103. The Morgan fingerprint density at radius 2 is 2.12 bits per heavy atom. The van der Waals surface area contributed by atoms with E-state index in [0.717, 1.165) is 5.56 Å². The normalized spacial score (nSPS) is 10.1. The van der Waals surface area contributed by atoms with Crippen LogP contribution >= 0.6 is 0 Å². The molecule has 0 amide bonds. The molecule has 16 heavy (non-hydrogen) atoms. The molecule has 2 aromatic rings. The summed E-state index contributed by atoms with van der Waals surface area (Å²) in [6.45, 7) is 1.86. The summed E-state index contributed by atoms with van der Waals surface area (Å²) < 4.78 is 0. The maximum atomic E-state index is 12.0. The summed E-state index contributed by atoms with van der Waals surface area (Å²) in [6.07, 6.45) is 4.48. The largest absolute Gasteiger partial charge is 0.399 e. The fourth-order valence-electron chi connectivity index (χ4n) is 1.38. The lowest BCUT2D eigenvalue weighted by Crippen LogP contribution is -2.05. The van der Waals surface area contributed by atoms with Crippen molar-refractivity contribution in [3.8, 4) is 0 Å². The van der Waals surface area contributed by atoms with Gasteiger partial charge in [-0.25, -0.2) is 4.98 Å². The van der Waals surface area contributed by atoms with Gasteiger partial charge in [-0.05, 0) is 30.7 Å². The standard InChI is InChI=1S/C12H11N3O/c1-8-6-9(2-3-10(8)13)12(16)11-7-14-4-5-15-11/h2-7H,13H2,1H3. The van der Waals surface area contributed by atoms with Crippen LogP contribution in [0, 0.1) is 6.92 Å². The van der Waals surface area contributed by atoms with E-state index in [2.05, 4.69) is 9.97 Å². The highest BCUT2D eigenvalue weighted by Gasteiger charge is 2.10.